The van der Waals surface area contributed by atoms with Crippen molar-refractivity contribution in [2.45, 2.75) is 40.0 Å². The highest BCUT2D eigenvalue weighted by atomic mass is 32.1. The quantitative estimate of drug-likeness (QED) is 0.676. The van der Waals surface area contributed by atoms with Gasteiger partial charge in [0.15, 0.2) is 0 Å². The van der Waals surface area contributed by atoms with Gasteiger partial charge in [0.05, 0.1) is 10.7 Å². The summed E-state index contributed by atoms with van der Waals surface area (Å²) in [6, 6.07) is 0. The Bertz CT molecular complexity index is 307. The first kappa shape index (κ1) is 12.7. The number of aromatic nitrogens is 1. The average Bonchev–Trinajstić information content (AvgIpc) is 2.54. The highest BCUT2D eigenvalue weighted by Crippen LogP contribution is 2.29. The monoisotopic (exact) mass is 226 g/mol. The molecular formula is C12H22N2S. The minimum atomic E-state index is 0.661. The minimum absolute atomic E-state index is 0.661. The maximum atomic E-state index is 4.59. The predicted octanol–water partition coefficient (Wildman–Crippen LogP) is 3.07. The fourth-order valence-corrected chi connectivity index (χ4v) is 3.00. The Morgan fingerprint density at radius 3 is 2.73 bits per heavy atom. The van der Waals surface area contributed by atoms with Crippen LogP contribution in [0.2, 0.25) is 0 Å². The number of hydrogen-bond donors (Lipinski definition) is 0. The maximum Gasteiger partial charge on any atom is 0.0900 e. The van der Waals surface area contributed by atoms with Gasteiger partial charge in [-0.2, -0.15) is 0 Å². The van der Waals surface area contributed by atoms with Gasteiger partial charge in [0.2, 0.25) is 0 Å². The van der Waals surface area contributed by atoms with E-state index in [-0.39, 0.29) is 0 Å². The summed E-state index contributed by atoms with van der Waals surface area (Å²) in [7, 11) is 2.19. The number of rotatable bonds is 0. The van der Waals surface area contributed by atoms with Crippen LogP contribution in [0.4, 0.5) is 0 Å². The Kier molecular flexibility index (Phi) is 4.74. The van der Waals surface area contributed by atoms with E-state index in [4.69, 9.17) is 0 Å². The molecule has 0 saturated heterocycles. The fourth-order valence-electron chi connectivity index (χ4n) is 1.99. The number of nitrogens with zero attached hydrogens (tertiary/aromatic N) is 2. The second kappa shape index (κ2) is 5.61. The van der Waals surface area contributed by atoms with Crippen molar-refractivity contribution in [2.75, 3.05) is 20.1 Å². The smallest absolute Gasteiger partial charge is 0.0900 e. The summed E-state index contributed by atoms with van der Waals surface area (Å²) < 4.78 is 0. The van der Waals surface area contributed by atoms with Crippen LogP contribution in [0.5, 0.6) is 0 Å². The van der Waals surface area contributed by atoms with E-state index in [1.165, 1.54) is 22.1 Å². The van der Waals surface area contributed by atoms with Crippen LogP contribution in [0.15, 0.2) is 0 Å². The molecule has 3 heteroatoms. The largest absolute Gasteiger partial charge is 0.305 e. The summed E-state index contributed by atoms with van der Waals surface area (Å²) in [5.74, 6) is 0.661. The van der Waals surface area contributed by atoms with Crippen molar-refractivity contribution in [3.8, 4) is 0 Å². The lowest BCUT2D eigenvalue weighted by Crippen LogP contribution is -2.22. The molecule has 0 aliphatic carbocycles. The van der Waals surface area contributed by atoms with E-state index >= 15 is 0 Å². The van der Waals surface area contributed by atoms with Crippen LogP contribution in [-0.2, 0) is 6.42 Å². The van der Waals surface area contributed by atoms with Crippen LogP contribution in [0.1, 0.15) is 42.3 Å². The average molecular weight is 226 g/mol. The Labute approximate surface area is 97.3 Å². The van der Waals surface area contributed by atoms with Gasteiger partial charge in [0, 0.05) is 30.3 Å². The van der Waals surface area contributed by atoms with Crippen LogP contribution < -0.4 is 0 Å². The van der Waals surface area contributed by atoms with E-state index < -0.39 is 0 Å². The van der Waals surface area contributed by atoms with E-state index in [1.54, 1.807) is 0 Å². The first-order valence-electron chi connectivity index (χ1n) is 5.81. The SMILES string of the molecule is CC.Cc1nc2c(s1)C(C)CN(C)CC2. The lowest BCUT2D eigenvalue weighted by atomic mass is 10.1. The predicted molar refractivity (Wildman–Crippen MR) is 67.8 cm³/mol. The van der Waals surface area contributed by atoms with Crippen molar-refractivity contribution in [3.05, 3.63) is 15.6 Å². The van der Waals surface area contributed by atoms with Crippen molar-refractivity contribution < 1.29 is 0 Å². The zero-order valence-electron chi connectivity index (χ0n) is 10.5. The summed E-state index contributed by atoms with van der Waals surface area (Å²) in [4.78, 5) is 8.50. The number of fused-ring (bicyclic) bond motifs is 1. The van der Waals surface area contributed by atoms with Gasteiger partial charge in [0.1, 0.15) is 0 Å². The standard InChI is InChI=1S/C10H16N2S.C2H6/c1-7-6-12(3)5-4-9-10(7)13-8(2)11-9;1-2/h7H,4-6H2,1-3H3;1-2H3. The second-order valence-electron chi connectivity index (χ2n) is 3.96. The topological polar surface area (TPSA) is 16.1 Å². The molecule has 0 amide bonds. The van der Waals surface area contributed by atoms with Crippen LogP contribution in [0.25, 0.3) is 0 Å². The minimum Gasteiger partial charge on any atom is -0.305 e. The zero-order chi connectivity index (χ0) is 11.4. The van der Waals surface area contributed by atoms with E-state index in [2.05, 4.69) is 30.8 Å². The summed E-state index contributed by atoms with van der Waals surface area (Å²) in [5, 5.41) is 1.22. The normalized spacial score (nSPS) is 21.3. The maximum absolute atomic E-state index is 4.59. The third-order valence-electron chi connectivity index (χ3n) is 2.60. The molecule has 1 unspecified atom stereocenters. The number of thiazole rings is 1. The molecule has 1 aliphatic heterocycles. The molecule has 1 aromatic rings. The molecule has 0 bridgehead atoms. The molecule has 0 N–H and O–H groups in total. The molecule has 0 radical (unpaired) electrons. The van der Waals surface area contributed by atoms with Crippen LogP contribution in [-0.4, -0.2) is 30.0 Å². The molecule has 1 aromatic heterocycles. The Balaban J connectivity index is 0.000000531. The third kappa shape index (κ3) is 3.02. The van der Waals surface area contributed by atoms with Gasteiger partial charge >= 0.3 is 0 Å². The third-order valence-corrected chi connectivity index (χ3v) is 3.84. The van der Waals surface area contributed by atoms with E-state index in [0.717, 1.165) is 13.0 Å². The van der Waals surface area contributed by atoms with Crippen LogP contribution in [0.3, 0.4) is 0 Å². The summed E-state index contributed by atoms with van der Waals surface area (Å²) in [6.45, 7) is 10.7. The highest BCUT2D eigenvalue weighted by Gasteiger charge is 2.20. The van der Waals surface area contributed by atoms with Crippen molar-refractivity contribution in [2.24, 2.45) is 0 Å². The zero-order valence-corrected chi connectivity index (χ0v) is 11.3. The van der Waals surface area contributed by atoms with E-state index in [1.807, 2.05) is 25.2 Å². The number of likely N-dealkylation sites (N-methyl/N-ethyl adjacent to an activating group) is 1. The first-order chi connectivity index (χ1) is 7.16. The van der Waals surface area contributed by atoms with Gasteiger partial charge in [-0.3, -0.25) is 0 Å². The number of aryl methyl sites for hydroxylation is 1. The fraction of sp³-hybridized carbons (Fsp3) is 0.750. The van der Waals surface area contributed by atoms with Crippen molar-refractivity contribution >= 4 is 11.3 Å². The van der Waals surface area contributed by atoms with Gasteiger partial charge in [-0.25, -0.2) is 4.98 Å². The first-order valence-corrected chi connectivity index (χ1v) is 6.63. The summed E-state index contributed by atoms with van der Waals surface area (Å²) >= 11 is 1.88. The molecule has 1 aliphatic rings. The van der Waals surface area contributed by atoms with Crippen molar-refractivity contribution in [1.29, 1.82) is 0 Å². The second-order valence-corrected chi connectivity index (χ2v) is 5.19. The lowest BCUT2D eigenvalue weighted by Gasteiger charge is -2.15. The Hall–Kier alpha value is -0.410. The van der Waals surface area contributed by atoms with Crippen molar-refractivity contribution in [3.63, 3.8) is 0 Å². The highest BCUT2D eigenvalue weighted by molar-refractivity contribution is 7.11. The molecule has 2 nitrogen and oxygen atoms in total. The molecule has 15 heavy (non-hydrogen) atoms. The Morgan fingerprint density at radius 2 is 2.07 bits per heavy atom. The van der Waals surface area contributed by atoms with Gasteiger partial charge in [-0.15, -0.1) is 11.3 Å². The van der Waals surface area contributed by atoms with Gasteiger partial charge < -0.3 is 4.90 Å². The molecule has 2 rings (SSSR count). The molecule has 0 saturated carbocycles. The van der Waals surface area contributed by atoms with Gasteiger partial charge in [-0.1, -0.05) is 20.8 Å². The van der Waals surface area contributed by atoms with E-state index in [9.17, 15) is 0 Å². The van der Waals surface area contributed by atoms with E-state index in [0.29, 0.717) is 5.92 Å². The molecule has 1 atom stereocenters. The van der Waals surface area contributed by atoms with Gasteiger partial charge in [-0.05, 0) is 14.0 Å². The van der Waals surface area contributed by atoms with Crippen molar-refractivity contribution in [1.82, 2.24) is 9.88 Å². The Morgan fingerprint density at radius 1 is 1.40 bits per heavy atom. The molecule has 2 heterocycles. The lowest BCUT2D eigenvalue weighted by molar-refractivity contribution is 0.332. The van der Waals surface area contributed by atoms with Crippen LogP contribution in [0, 0.1) is 6.92 Å². The number of hydrogen-bond acceptors (Lipinski definition) is 3. The molecule has 0 fully saturated rings. The molecular weight excluding hydrogens is 204 g/mol. The summed E-state index contributed by atoms with van der Waals surface area (Å²) in [6.07, 6.45) is 1.13. The van der Waals surface area contributed by atoms with Gasteiger partial charge in [0.25, 0.3) is 0 Å². The molecule has 0 spiro atoms. The molecule has 0 aromatic carbocycles. The molecule has 86 valence electrons. The van der Waals surface area contributed by atoms with Crippen LogP contribution >= 0.6 is 11.3 Å². The summed E-state index contributed by atoms with van der Waals surface area (Å²) in [5.41, 5.74) is 1.35.